The van der Waals surface area contributed by atoms with Gasteiger partial charge in [-0.1, -0.05) is 28.9 Å². The van der Waals surface area contributed by atoms with Crippen molar-refractivity contribution >= 4 is 44.5 Å². The number of hydrogen-bond donors (Lipinski definition) is 1. The third kappa shape index (κ3) is 4.05. The molecule has 1 aromatic heterocycles. The van der Waals surface area contributed by atoms with Crippen LogP contribution >= 0.6 is 15.9 Å². The molecule has 1 unspecified atom stereocenters. The van der Waals surface area contributed by atoms with E-state index in [1.165, 1.54) is 6.20 Å². The normalized spacial score (nSPS) is 11.8. The number of para-hydroxylation sites is 1. The topological polar surface area (TPSA) is 81.2 Å². The molecule has 0 aliphatic carbocycles. The molecule has 2 aromatic carbocycles. The van der Waals surface area contributed by atoms with Crippen molar-refractivity contribution in [3.8, 4) is 0 Å². The van der Waals surface area contributed by atoms with Crippen LogP contribution in [0.25, 0.3) is 11.0 Å². The zero-order valence-corrected chi connectivity index (χ0v) is 15.6. The fourth-order valence-electron chi connectivity index (χ4n) is 2.43. The van der Waals surface area contributed by atoms with Crippen LogP contribution in [0.1, 0.15) is 23.7 Å². The second-order valence-electron chi connectivity index (χ2n) is 5.53. The van der Waals surface area contributed by atoms with Gasteiger partial charge in [-0.2, -0.15) is 0 Å². The lowest BCUT2D eigenvalue weighted by molar-refractivity contribution is -0.124. The van der Waals surface area contributed by atoms with Crippen LogP contribution in [0.5, 0.6) is 0 Å². The van der Waals surface area contributed by atoms with Gasteiger partial charge in [-0.05, 0) is 42.8 Å². The number of carbonyl (C=O) groups excluding carboxylic acids is 2. The van der Waals surface area contributed by atoms with E-state index >= 15 is 0 Å². The monoisotopic (exact) mass is 413 g/mol. The van der Waals surface area contributed by atoms with E-state index < -0.39 is 12.1 Å². The molecule has 0 bridgehead atoms. The van der Waals surface area contributed by atoms with E-state index in [9.17, 15) is 9.59 Å². The molecular weight excluding hydrogens is 398 g/mol. The predicted molar refractivity (Wildman–Crippen MR) is 102 cm³/mol. The molecule has 0 aliphatic heterocycles. The minimum absolute atomic E-state index is 0.283. The van der Waals surface area contributed by atoms with E-state index in [1.807, 2.05) is 12.1 Å². The summed E-state index contributed by atoms with van der Waals surface area (Å²) in [7, 11) is 0. The number of carbonyl (C=O) groups is 2. The Labute approximate surface area is 158 Å². The highest BCUT2D eigenvalue weighted by atomic mass is 79.9. The van der Waals surface area contributed by atoms with Gasteiger partial charge in [0.15, 0.2) is 6.10 Å². The summed E-state index contributed by atoms with van der Waals surface area (Å²) in [6.45, 7) is 1.78. The van der Waals surface area contributed by atoms with Crippen LogP contribution in [0.3, 0.4) is 0 Å². The van der Waals surface area contributed by atoms with Crippen LogP contribution in [-0.2, 0) is 9.53 Å². The fraction of sp³-hybridized carbons (Fsp3) is 0.158. The van der Waals surface area contributed by atoms with Crippen LogP contribution in [0.4, 0.5) is 5.69 Å². The summed E-state index contributed by atoms with van der Waals surface area (Å²) in [4.78, 5) is 33.3. The Balaban J connectivity index is 1.75. The van der Waals surface area contributed by atoms with Crippen LogP contribution in [0, 0.1) is 0 Å². The molecular formula is C19H16BrN3O3. The SMILES string of the molecule is CCC(OC(=O)c1cccc2nccnc12)C(=O)Nc1ccc(Br)cc1. The number of nitrogens with one attached hydrogen (secondary N) is 1. The molecule has 3 rings (SSSR count). The van der Waals surface area contributed by atoms with Gasteiger partial charge in [-0.15, -0.1) is 0 Å². The van der Waals surface area contributed by atoms with Crippen molar-refractivity contribution in [2.45, 2.75) is 19.4 Å². The molecule has 1 atom stereocenters. The predicted octanol–water partition coefficient (Wildman–Crippen LogP) is 3.97. The Hall–Kier alpha value is -2.80. The number of amides is 1. The minimum atomic E-state index is -0.905. The number of esters is 1. The van der Waals surface area contributed by atoms with Crippen molar-refractivity contribution < 1.29 is 14.3 Å². The molecule has 1 heterocycles. The Morgan fingerprint density at radius 3 is 2.58 bits per heavy atom. The Kier molecular flexibility index (Phi) is 5.58. The summed E-state index contributed by atoms with van der Waals surface area (Å²) >= 11 is 3.34. The molecule has 6 nitrogen and oxygen atoms in total. The highest BCUT2D eigenvalue weighted by Crippen LogP contribution is 2.18. The molecule has 0 radical (unpaired) electrons. The first-order chi connectivity index (χ1) is 12.6. The molecule has 0 spiro atoms. The first kappa shape index (κ1) is 18.0. The van der Waals surface area contributed by atoms with Crippen molar-refractivity contribution in [2.75, 3.05) is 5.32 Å². The molecule has 0 fully saturated rings. The first-order valence-electron chi connectivity index (χ1n) is 8.05. The largest absolute Gasteiger partial charge is 0.449 e. The minimum Gasteiger partial charge on any atom is -0.449 e. The number of fused-ring (bicyclic) bond motifs is 1. The molecule has 26 heavy (non-hydrogen) atoms. The third-order valence-corrected chi connectivity index (χ3v) is 4.27. The number of halogens is 1. The van der Waals surface area contributed by atoms with E-state index in [0.717, 1.165) is 4.47 Å². The van der Waals surface area contributed by atoms with Crippen LogP contribution < -0.4 is 5.32 Å². The number of ether oxygens (including phenoxy) is 1. The fourth-order valence-corrected chi connectivity index (χ4v) is 2.69. The summed E-state index contributed by atoms with van der Waals surface area (Å²) in [5.74, 6) is -0.983. The van der Waals surface area contributed by atoms with Gasteiger partial charge in [0.1, 0.15) is 5.52 Å². The van der Waals surface area contributed by atoms with Gasteiger partial charge < -0.3 is 10.1 Å². The van der Waals surface area contributed by atoms with Gasteiger partial charge >= 0.3 is 5.97 Å². The molecule has 0 saturated heterocycles. The zero-order valence-electron chi connectivity index (χ0n) is 14.0. The number of hydrogen-bond acceptors (Lipinski definition) is 5. The maximum Gasteiger partial charge on any atom is 0.341 e. The van der Waals surface area contributed by atoms with E-state index in [-0.39, 0.29) is 11.5 Å². The van der Waals surface area contributed by atoms with Crippen molar-refractivity contribution in [1.29, 1.82) is 0 Å². The number of benzene rings is 2. The summed E-state index contributed by atoms with van der Waals surface area (Å²) < 4.78 is 6.33. The smallest absolute Gasteiger partial charge is 0.341 e. The van der Waals surface area contributed by atoms with E-state index in [1.54, 1.807) is 43.5 Å². The average molecular weight is 414 g/mol. The average Bonchev–Trinajstić information content (AvgIpc) is 2.67. The van der Waals surface area contributed by atoms with Gasteiger partial charge in [-0.25, -0.2) is 4.79 Å². The quantitative estimate of drug-likeness (QED) is 0.639. The van der Waals surface area contributed by atoms with Crippen LogP contribution in [-0.4, -0.2) is 27.9 Å². The molecule has 1 N–H and O–H groups in total. The van der Waals surface area contributed by atoms with Crippen molar-refractivity contribution in [3.05, 3.63) is 64.9 Å². The van der Waals surface area contributed by atoms with Gasteiger partial charge in [-0.3, -0.25) is 14.8 Å². The summed E-state index contributed by atoms with van der Waals surface area (Å²) in [5.41, 5.74) is 1.95. The lowest BCUT2D eigenvalue weighted by atomic mass is 10.1. The Morgan fingerprint density at radius 2 is 1.85 bits per heavy atom. The van der Waals surface area contributed by atoms with Gasteiger partial charge in [0.05, 0.1) is 11.1 Å². The van der Waals surface area contributed by atoms with Crippen LogP contribution in [0.2, 0.25) is 0 Å². The molecule has 1 amide bonds. The van der Waals surface area contributed by atoms with Crippen molar-refractivity contribution in [1.82, 2.24) is 9.97 Å². The van der Waals surface area contributed by atoms with Crippen LogP contribution in [0.15, 0.2) is 59.3 Å². The second-order valence-corrected chi connectivity index (χ2v) is 6.44. The molecule has 0 aliphatic rings. The van der Waals surface area contributed by atoms with Gasteiger partial charge in [0, 0.05) is 22.6 Å². The molecule has 3 aromatic rings. The van der Waals surface area contributed by atoms with Gasteiger partial charge in [0.25, 0.3) is 5.91 Å². The van der Waals surface area contributed by atoms with Gasteiger partial charge in [0.2, 0.25) is 0 Å². The number of nitrogens with zero attached hydrogens (tertiary/aromatic N) is 2. The maximum absolute atomic E-state index is 12.6. The number of rotatable bonds is 5. The van der Waals surface area contributed by atoms with Crippen molar-refractivity contribution in [3.63, 3.8) is 0 Å². The Bertz CT molecular complexity index is 939. The highest BCUT2D eigenvalue weighted by Gasteiger charge is 2.23. The third-order valence-electron chi connectivity index (χ3n) is 3.74. The Morgan fingerprint density at radius 1 is 1.12 bits per heavy atom. The summed E-state index contributed by atoms with van der Waals surface area (Å²) in [6.07, 6.45) is 2.51. The molecule has 0 saturated carbocycles. The first-order valence-corrected chi connectivity index (χ1v) is 8.85. The summed E-state index contributed by atoms with van der Waals surface area (Å²) in [5, 5.41) is 2.75. The lowest BCUT2D eigenvalue weighted by Gasteiger charge is -2.16. The van der Waals surface area contributed by atoms with E-state index in [0.29, 0.717) is 23.1 Å². The van der Waals surface area contributed by atoms with E-state index in [2.05, 4.69) is 31.2 Å². The summed E-state index contributed by atoms with van der Waals surface area (Å²) in [6, 6.07) is 12.2. The highest BCUT2D eigenvalue weighted by molar-refractivity contribution is 9.10. The lowest BCUT2D eigenvalue weighted by Crippen LogP contribution is -2.32. The van der Waals surface area contributed by atoms with E-state index in [4.69, 9.17) is 4.74 Å². The number of anilines is 1. The standard InChI is InChI=1S/C19H16BrN3O3/c1-2-16(18(24)23-13-8-6-12(20)7-9-13)26-19(25)14-4-3-5-15-17(14)22-11-10-21-15/h3-11,16H,2H2,1H3,(H,23,24). The second kappa shape index (κ2) is 8.05. The number of aromatic nitrogens is 2. The maximum atomic E-state index is 12.6. The molecule has 7 heteroatoms. The van der Waals surface area contributed by atoms with Crippen molar-refractivity contribution in [2.24, 2.45) is 0 Å². The molecule has 132 valence electrons. The zero-order chi connectivity index (χ0) is 18.5.